The van der Waals surface area contributed by atoms with Crippen molar-refractivity contribution >= 4 is 5.82 Å². The average Bonchev–Trinajstić information content (AvgIpc) is 2.51. The third kappa shape index (κ3) is 2.74. The Labute approximate surface area is 97.2 Å². The highest BCUT2D eigenvalue weighted by Crippen LogP contribution is 2.22. The van der Waals surface area contributed by atoms with Gasteiger partial charge < -0.3 is 15.4 Å². The SMILES string of the molecule is COCCN(C)c1c(CCN)c(C)nn1C. The number of ether oxygens (including phenoxy) is 1. The lowest BCUT2D eigenvalue weighted by molar-refractivity contribution is 0.206. The molecular weight excluding hydrogens is 204 g/mol. The molecule has 0 fully saturated rings. The van der Waals surface area contributed by atoms with E-state index in [2.05, 4.69) is 17.0 Å². The van der Waals surface area contributed by atoms with Crippen LogP contribution in [0, 0.1) is 6.92 Å². The summed E-state index contributed by atoms with van der Waals surface area (Å²) in [6, 6.07) is 0. The molecule has 0 spiro atoms. The van der Waals surface area contributed by atoms with Crippen LogP contribution in [0.5, 0.6) is 0 Å². The van der Waals surface area contributed by atoms with Crippen LogP contribution in [0.25, 0.3) is 0 Å². The minimum atomic E-state index is 0.650. The van der Waals surface area contributed by atoms with Gasteiger partial charge in [0.25, 0.3) is 0 Å². The third-order valence-electron chi connectivity index (χ3n) is 2.70. The second-order valence-corrected chi connectivity index (χ2v) is 3.96. The summed E-state index contributed by atoms with van der Waals surface area (Å²) in [7, 11) is 5.73. The van der Waals surface area contributed by atoms with Crippen LogP contribution in [0.2, 0.25) is 0 Å². The van der Waals surface area contributed by atoms with Crippen molar-refractivity contribution in [1.82, 2.24) is 9.78 Å². The summed E-state index contributed by atoms with van der Waals surface area (Å²) < 4.78 is 7.00. The van der Waals surface area contributed by atoms with Crippen molar-refractivity contribution in [3.63, 3.8) is 0 Å². The Morgan fingerprint density at radius 1 is 1.50 bits per heavy atom. The molecule has 0 saturated heterocycles. The Balaban J connectivity index is 2.91. The molecule has 1 aromatic heterocycles. The van der Waals surface area contributed by atoms with Crippen LogP contribution >= 0.6 is 0 Å². The van der Waals surface area contributed by atoms with E-state index in [1.54, 1.807) is 7.11 Å². The maximum Gasteiger partial charge on any atom is 0.129 e. The molecule has 0 aliphatic carbocycles. The third-order valence-corrected chi connectivity index (χ3v) is 2.70. The number of methoxy groups -OCH3 is 1. The van der Waals surface area contributed by atoms with Crippen molar-refractivity contribution in [2.75, 3.05) is 38.8 Å². The number of nitrogens with two attached hydrogens (primary N) is 1. The molecule has 2 N–H and O–H groups in total. The van der Waals surface area contributed by atoms with Gasteiger partial charge in [-0.1, -0.05) is 0 Å². The number of rotatable bonds is 6. The van der Waals surface area contributed by atoms with Gasteiger partial charge in [0, 0.05) is 33.3 Å². The number of aromatic nitrogens is 2. The van der Waals surface area contributed by atoms with Gasteiger partial charge in [0.05, 0.1) is 12.3 Å². The number of hydrogen-bond donors (Lipinski definition) is 1. The highest BCUT2D eigenvalue weighted by atomic mass is 16.5. The highest BCUT2D eigenvalue weighted by Gasteiger charge is 2.15. The summed E-state index contributed by atoms with van der Waals surface area (Å²) in [5.41, 5.74) is 7.93. The average molecular weight is 226 g/mol. The molecule has 16 heavy (non-hydrogen) atoms. The first-order valence-electron chi connectivity index (χ1n) is 5.54. The van der Waals surface area contributed by atoms with Gasteiger partial charge >= 0.3 is 0 Å². The van der Waals surface area contributed by atoms with Crippen molar-refractivity contribution in [2.24, 2.45) is 12.8 Å². The lowest BCUT2D eigenvalue weighted by Crippen LogP contribution is -2.25. The van der Waals surface area contributed by atoms with Gasteiger partial charge in [0.1, 0.15) is 5.82 Å². The van der Waals surface area contributed by atoms with Crippen LogP contribution < -0.4 is 10.6 Å². The maximum atomic E-state index is 5.63. The van der Waals surface area contributed by atoms with Gasteiger partial charge in [-0.3, -0.25) is 4.68 Å². The summed E-state index contributed by atoms with van der Waals surface area (Å²) in [5, 5.41) is 4.44. The smallest absolute Gasteiger partial charge is 0.129 e. The molecule has 1 heterocycles. The maximum absolute atomic E-state index is 5.63. The molecule has 0 amide bonds. The second-order valence-electron chi connectivity index (χ2n) is 3.96. The van der Waals surface area contributed by atoms with Crippen molar-refractivity contribution < 1.29 is 4.74 Å². The number of aryl methyl sites for hydroxylation is 2. The molecule has 0 unspecified atom stereocenters. The molecule has 5 nitrogen and oxygen atoms in total. The van der Waals surface area contributed by atoms with E-state index in [0.717, 1.165) is 24.5 Å². The second kappa shape index (κ2) is 5.86. The van der Waals surface area contributed by atoms with Crippen molar-refractivity contribution in [3.05, 3.63) is 11.3 Å². The molecule has 0 aliphatic rings. The molecule has 1 aromatic rings. The van der Waals surface area contributed by atoms with E-state index in [4.69, 9.17) is 10.5 Å². The van der Waals surface area contributed by atoms with E-state index >= 15 is 0 Å². The van der Waals surface area contributed by atoms with Crippen molar-refractivity contribution in [3.8, 4) is 0 Å². The monoisotopic (exact) mass is 226 g/mol. The molecule has 0 radical (unpaired) electrons. The van der Waals surface area contributed by atoms with Crippen molar-refractivity contribution in [2.45, 2.75) is 13.3 Å². The van der Waals surface area contributed by atoms with E-state index in [0.29, 0.717) is 13.2 Å². The Kier molecular flexibility index (Phi) is 4.76. The van der Waals surface area contributed by atoms with Crippen LogP contribution in [-0.4, -0.2) is 43.6 Å². The largest absolute Gasteiger partial charge is 0.383 e. The van der Waals surface area contributed by atoms with Crippen LogP contribution in [0.3, 0.4) is 0 Å². The fourth-order valence-corrected chi connectivity index (χ4v) is 1.94. The standard InChI is InChI=1S/C11H22N4O/c1-9-10(5-6-12)11(15(3)13-9)14(2)7-8-16-4/h5-8,12H2,1-4H3. The Morgan fingerprint density at radius 3 is 2.75 bits per heavy atom. The topological polar surface area (TPSA) is 56.3 Å². The fourth-order valence-electron chi connectivity index (χ4n) is 1.94. The fraction of sp³-hybridized carbons (Fsp3) is 0.727. The van der Waals surface area contributed by atoms with Crippen LogP contribution in [0.15, 0.2) is 0 Å². The zero-order valence-electron chi connectivity index (χ0n) is 10.7. The van der Waals surface area contributed by atoms with Gasteiger partial charge in [-0.05, 0) is 19.9 Å². The molecule has 0 saturated carbocycles. The zero-order valence-corrected chi connectivity index (χ0v) is 10.7. The summed E-state index contributed by atoms with van der Waals surface area (Å²) in [6.07, 6.45) is 0.867. The molecular formula is C11H22N4O. The molecule has 0 aliphatic heterocycles. The van der Waals surface area contributed by atoms with Gasteiger partial charge in [0.2, 0.25) is 0 Å². The van der Waals surface area contributed by atoms with Gasteiger partial charge in [-0.2, -0.15) is 5.10 Å². The summed E-state index contributed by atoms with van der Waals surface area (Å²) in [4.78, 5) is 2.16. The summed E-state index contributed by atoms with van der Waals surface area (Å²) in [6.45, 7) is 4.24. The number of anilines is 1. The minimum absolute atomic E-state index is 0.650. The Morgan fingerprint density at radius 2 is 2.19 bits per heavy atom. The lowest BCUT2D eigenvalue weighted by Gasteiger charge is -2.20. The van der Waals surface area contributed by atoms with E-state index in [-0.39, 0.29) is 0 Å². The van der Waals surface area contributed by atoms with E-state index in [1.165, 1.54) is 5.56 Å². The molecule has 0 atom stereocenters. The lowest BCUT2D eigenvalue weighted by atomic mass is 10.1. The predicted molar refractivity (Wildman–Crippen MR) is 65.8 cm³/mol. The first kappa shape index (κ1) is 13.0. The van der Waals surface area contributed by atoms with Gasteiger partial charge in [0.15, 0.2) is 0 Å². The summed E-state index contributed by atoms with van der Waals surface area (Å²) >= 11 is 0. The van der Waals surface area contributed by atoms with E-state index in [1.807, 2.05) is 18.7 Å². The number of hydrogen-bond acceptors (Lipinski definition) is 4. The number of likely N-dealkylation sites (N-methyl/N-ethyl adjacent to an activating group) is 1. The highest BCUT2D eigenvalue weighted by molar-refractivity contribution is 5.49. The van der Waals surface area contributed by atoms with Gasteiger partial charge in [-0.15, -0.1) is 0 Å². The quantitative estimate of drug-likeness (QED) is 0.758. The van der Waals surface area contributed by atoms with Gasteiger partial charge in [-0.25, -0.2) is 0 Å². The molecule has 92 valence electrons. The van der Waals surface area contributed by atoms with Crippen LogP contribution in [0.1, 0.15) is 11.3 Å². The molecule has 5 heteroatoms. The van der Waals surface area contributed by atoms with E-state index in [9.17, 15) is 0 Å². The zero-order chi connectivity index (χ0) is 12.1. The Bertz CT molecular complexity index is 335. The van der Waals surface area contributed by atoms with E-state index < -0.39 is 0 Å². The number of nitrogens with zero attached hydrogens (tertiary/aromatic N) is 3. The first-order chi connectivity index (χ1) is 7.61. The Hall–Kier alpha value is -1.07. The first-order valence-corrected chi connectivity index (χ1v) is 5.54. The van der Waals surface area contributed by atoms with Crippen LogP contribution in [0.4, 0.5) is 5.82 Å². The van der Waals surface area contributed by atoms with Crippen molar-refractivity contribution in [1.29, 1.82) is 0 Å². The summed E-state index contributed by atoms with van der Waals surface area (Å²) in [5.74, 6) is 1.14. The normalized spacial score (nSPS) is 10.8. The molecule has 0 bridgehead atoms. The molecule has 0 aromatic carbocycles. The van der Waals surface area contributed by atoms with Crippen LogP contribution in [-0.2, 0) is 18.2 Å². The molecule has 1 rings (SSSR count). The minimum Gasteiger partial charge on any atom is -0.383 e. The predicted octanol–water partition coefficient (Wildman–Crippen LogP) is 0.312.